The van der Waals surface area contributed by atoms with Gasteiger partial charge in [-0.25, -0.2) is 4.39 Å². The first kappa shape index (κ1) is 14.7. The highest BCUT2D eigenvalue weighted by Crippen LogP contribution is 2.21. The van der Waals surface area contributed by atoms with Crippen molar-refractivity contribution in [2.24, 2.45) is 10.9 Å². The molecule has 1 atom stereocenters. The van der Waals surface area contributed by atoms with Gasteiger partial charge in [0.2, 0.25) is 0 Å². The Morgan fingerprint density at radius 1 is 1.61 bits per heavy atom. The molecule has 0 amide bonds. The number of benzene rings is 1. The predicted octanol–water partition coefficient (Wildman–Crippen LogP) is 2.44. The molecule has 0 radical (unpaired) electrons. The third kappa shape index (κ3) is 3.85. The molecule has 6 heteroatoms. The fraction of sp³-hybridized carbons (Fsp3) is 0.417. The van der Waals surface area contributed by atoms with Crippen molar-refractivity contribution in [3.05, 3.63) is 34.6 Å². The number of halogens is 2. The van der Waals surface area contributed by atoms with Gasteiger partial charge < -0.3 is 10.9 Å². The number of amidine groups is 1. The highest BCUT2D eigenvalue weighted by molar-refractivity contribution is 6.31. The van der Waals surface area contributed by atoms with E-state index in [0.717, 1.165) is 0 Å². The summed E-state index contributed by atoms with van der Waals surface area (Å²) in [6, 6.07) is 4.61. The van der Waals surface area contributed by atoms with Crippen LogP contribution in [0.3, 0.4) is 0 Å². The number of nitrogens with two attached hydrogens (primary N) is 1. The largest absolute Gasteiger partial charge is 0.409 e. The van der Waals surface area contributed by atoms with Crippen molar-refractivity contribution >= 4 is 17.4 Å². The Morgan fingerprint density at radius 2 is 2.28 bits per heavy atom. The smallest absolute Gasteiger partial charge is 0.140 e. The highest BCUT2D eigenvalue weighted by Gasteiger charge is 2.15. The standard InChI is InChI=1S/C12H17ClFN3O/c1-8(6-12(15)16-18)17(2)7-9-10(13)4-3-5-11(9)14/h3-5,8,18H,6-7H2,1-2H3,(H2,15,16). The topological polar surface area (TPSA) is 61.9 Å². The number of nitrogens with zero attached hydrogens (tertiary/aromatic N) is 2. The summed E-state index contributed by atoms with van der Waals surface area (Å²) in [6.07, 6.45) is 0.402. The monoisotopic (exact) mass is 273 g/mol. The molecular weight excluding hydrogens is 257 g/mol. The van der Waals surface area contributed by atoms with Crippen LogP contribution in [0.4, 0.5) is 4.39 Å². The van der Waals surface area contributed by atoms with Crippen LogP contribution in [0.5, 0.6) is 0 Å². The summed E-state index contributed by atoms with van der Waals surface area (Å²) in [6.45, 7) is 2.28. The fourth-order valence-electron chi connectivity index (χ4n) is 1.59. The molecule has 0 aliphatic carbocycles. The van der Waals surface area contributed by atoms with Crippen LogP contribution in [0.2, 0.25) is 5.02 Å². The van der Waals surface area contributed by atoms with E-state index >= 15 is 0 Å². The van der Waals surface area contributed by atoms with Gasteiger partial charge in [-0.05, 0) is 26.1 Å². The highest BCUT2D eigenvalue weighted by atomic mass is 35.5. The molecule has 0 fully saturated rings. The first-order valence-electron chi connectivity index (χ1n) is 5.55. The summed E-state index contributed by atoms with van der Waals surface area (Å²) in [5.41, 5.74) is 5.89. The molecule has 0 aromatic heterocycles. The second-order valence-corrected chi connectivity index (χ2v) is 4.67. The first-order valence-corrected chi connectivity index (χ1v) is 5.93. The van der Waals surface area contributed by atoms with Crippen molar-refractivity contribution in [1.29, 1.82) is 0 Å². The van der Waals surface area contributed by atoms with Crippen molar-refractivity contribution in [1.82, 2.24) is 4.90 Å². The first-order chi connectivity index (χ1) is 8.45. The summed E-state index contributed by atoms with van der Waals surface area (Å²) in [5.74, 6) is -0.181. The molecule has 4 nitrogen and oxygen atoms in total. The lowest BCUT2D eigenvalue weighted by Crippen LogP contribution is -2.33. The number of hydrogen-bond donors (Lipinski definition) is 2. The summed E-state index contributed by atoms with van der Waals surface area (Å²) < 4.78 is 13.6. The quantitative estimate of drug-likeness (QED) is 0.375. The molecule has 0 bridgehead atoms. The van der Waals surface area contributed by atoms with Gasteiger partial charge in [0.1, 0.15) is 11.7 Å². The van der Waals surface area contributed by atoms with Gasteiger partial charge in [0.05, 0.1) is 0 Å². The maximum atomic E-state index is 13.6. The Labute approximate surface area is 111 Å². The van der Waals surface area contributed by atoms with E-state index in [0.29, 0.717) is 23.6 Å². The Kier molecular flexibility index (Phi) is 5.37. The van der Waals surface area contributed by atoms with Gasteiger partial charge in [0.25, 0.3) is 0 Å². The van der Waals surface area contributed by atoms with Crippen molar-refractivity contribution in [3.8, 4) is 0 Å². The molecule has 0 spiro atoms. The molecule has 1 rings (SSSR count). The van der Waals surface area contributed by atoms with Crippen LogP contribution >= 0.6 is 11.6 Å². The maximum absolute atomic E-state index is 13.6. The average Bonchev–Trinajstić information content (AvgIpc) is 2.33. The molecule has 0 aliphatic rings. The zero-order chi connectivity index (χ0) is 13.7. The van der Waals surface area contributed by atoms with Crippen LogP contribution in [0.25, 0.3) is 0 Å². The minimum absolute atomic E-state index is 0.0107. The molecule has 1 aromatic carbocycles. The van der Waals surface area contributed by atoms with E-state index in [1.807, 2.05) is 18.9 Å². The molecule has 3 N–H and O–H groups in total. The molecule has 18 heavy (non-hydrogen) atoms. The van der Waals surface area contributed by atoms with Gasteiger partial charge in [0, 0.05) is 29.6 Å². The van der Waals surface area contributed by atoms with Crippen molar-refractivity contribution in [3.63, 3.8) is 0 Å². The number of rotatable bonds is 5. The summed E-state index contributed by atoms with van der Waals surface area (Å²) in [5, 5.41) is 11.8. The molecule has 0 aliphatic heterocycles. The fourth-order valence-corrected chi connectivity index (χ4v) is 1.81. The second kappa shape index (κ2) is 6.56. The lowest BCUT2D eigenvalue weighted by atomic mass is 10.1. The number of hydrogen-bond acceptors (Lipinski definition) is 3. The van der Waals surface area contributed by atoms with Gasteiger partial charge in [-0.2, -0.15) is 0 Å². The Bertz CT molecular complexity index is 419. The lowest BCUT2D eigenvalue weighted by Gasteiger charge is -2.24. The summed E-state index contributed by atoms with van der Waals surface area (Å²) in [7, 11) is 1.83. The Hall–Kier alpha value is -1.33. The van der Waals surface area contributed by atoms with Gasteiger partial charge in [-0.3, -0.25) is 4.90 Å². The zero-order valence-corrected chi connectivity index (χ0v) is 11.2. The van der Waals surface area contributed by atoms with E-state index < -0.39 is 0 Å². The van der Waals surface area contributed by atoms with Crippen LogP contribution in [-0.2, 0) is 6.54 Å². The van der Waals surface area contributed by atoms with Gasteiger partial charge in [-0.15, -0.1) is 0 Å². The minimum atomic E-state index is -0.328. The molecule has 0 heterocycles. The maximum Gasteiger partial charge on any atom is 0.140 e. The van der Waals surface area contributed by atoms with Crippen LogP contribution < -0.4 is 5.73 Å². The van der Waals surface area contributed by atoms with E-state index in [-0.39, 0.29) is 17.7 Å². The molecule has 100 valence electrons. The van der Waals surface area contributed by atoms with Gasteiger partial charge in [0.15, 0.2) is 0 Å². The molecule has 1 unspecified atom stereocenters. The second-order valence-electron chi connectivity index (χ2n) is 4.26. The van der Waals surface area contributed by atoms with Crippen molar-refractivity contribution in [2.45, 2.75) is 25.9 Å². The molecule has 1 aromatic rings. The lowest BCUT2D eigenvalue weighted by molar-refractivity contribution is 0.248. The third-order valence-corrected chi connectivity index (χ3v) is 3.21. The SMILES string of the molecule is CC(CC(N)=NO)N(C)Cc1c(F)cccc1Cl. The molecular formula is C12H17ClFN3O. The van der Waals surface area contributed by atoms with Crippen molar-refractivity contribution in [2.75, 3.05) is 7.05 Å². The van der Waals surface area contributed by atoms with E-state index in [2.05, 4.69) is 5.16 Å². The number of oxime groups is 1. The predicted molar refractivity (Wildman–Crippen MR) is 70.4 cm³/mol. The molecule has 0 saturated carbocycles. The average molecular weight is 274 g/mol. The van der Waals surface area contributed by atoms with Crippen LogP contribution in [0.15, 0.2) is 23.4 Å². The molecule has 0 saturated heterocycles. The van der Waals surface area contributed by atoms with Crippen LogP contribution in [0, 0.1) is 5.82 Å². The normalized spacial score (nSPS) is 13.9. The van der Waals surface area contributed by atoms with Gasteiger partial charge in [-0.1, -0.05) is 22.8 Å². The van der Waals surface area contributed by atoms with Crippen LogP contribution in [-0.4, -0.2) is 29.0 Å². The summed E-state index contributed by atoms with van der Waals surface area (Å²) in [4.78, 5) is 1.89. The van der Waals surface area contributed by atoms with E-state index in [1.165, 1.54) is 6.07 Å². The Morgan fingerprint density at radius 3 is 2.83 bits per heavy atom. The van der Waals surface area contributed by atoms with Crippen molar-refractivity contribution < 1.29 is 9.60 Å². The van der Waals surface area contributed by atoms with E-state index in [9.17, 15) is 4.39 Å². The van der Waals surface area contributed by atoms with Gasteiger partial charge >= 0.3 is 0 Å². The minimum Gasteiger partial charge on any atom is -0.409 e. The van der Waals surface area contributed by atoms with E-state index in [1.54, 1.807) is 12.1 Å². The third-order valence-electron chi connectivity index (χ3n) is 2.85. The zero-order valence-electron chi connectivity index (χ0n) is 10.4. The summed E-state index contributed by atoms with van der Waals surface area (Å²) >= 11 is 5.96. The van der Waals surface area contributed by atoms with E-state index in [4.69, 9.17) is 22.5 Å². The van der Waals surface area contributed by atoms with Crippen LogP contribution in [0.1, 0.15) is 18.9 Å². The Balaban J connectivity index is 2.72.